The third-order valence-electron chi connectivity index (χ3n) is 3.36. The number of likely N-dealkylation sites (N-methyl/N-ethyl adjacent to an activating group) is 1. The van der Waals surface area contributed by atoms with Gasteiger partial charge in [0.1, 0.15) is 0 Å². The zero-order chi connectivity index (χ0) is 13.1. The standard InChI is InChI=1S/C15H19NO2/c1-11-3-4-13-8-14(6-5-12(13)7-11)16(2)15(9-17)10-18/h3-8,15,17-18H,9-10H2,1-2H3. The predicted molar refractivity (Wildman–Crippen MR) is 75.0 cm³/mol. The minimum Gasteiger partial charge on any atom is -0.394 e. The van der Waals surface area contributed by atoms with Gasteiger partial charge >= 0.3 is 0 Å². The number of aliphatic hydroxyl groups excluding tert-OH is 2. The Bertz CT molecular complexity index is 535. The number of aryl methyl sites for hydroxylation is 1. The number of aliphatic hydroxyl groups is 2. The van der Waals surface area contributed by atoms with Gasteiger partial charge < -0.3 is 15.1 Å². The van der Waals surface area contributed by atoms with Crippen LogP contribution < -0.4 is 4.90 Å². The van der Waals surface area contributed by atoms with Gasteiger partial charge in [0.25, 0.3) is 0 Å². The number of anilines is 1. The Labute approximate surface area is 107 Å². The van der Waals surface area contributed by atoms with Crippen molar-refractivity contribution in [2.75, 3.05) is 25.2 Å². The summed E-state index contributed by atoms with van der Waals surface area (Å²) in [5.41, 5.74) is 2.24. The predicted octanol–water partition coefficient (Wildman–Crippen LogP) is 1.94. The fraction of sp³-hybridized carbons (Fsp3) is 0.333. The van der Waals surface area contributed by atoms with Crippen LogP contribution in [0.4, 0.5) is 5.69 Å². The molecule has 0 aromatic heterocycles. The van der Waals surface area contributed by atoms with Gasteiger partial charge in [-0.2, -0.15) is 0 Å². The highest BCUT2D eigenvalue weighted by Gasteiger charge is 2.13. The second-order valence-electron chi connectivity index (χ2n) is 4.66. The average Bonchev–Trinajstić information content (AvgIpc) is 2.39. The van der Waals surface area contributed by atoms with Crippen molar-refractivity contribution in [1.29, 1.82) is 0 Å². The summed E-state index contributed by atoms with van der Waals surface area (Å²) in [4.78, 5) is 1.90. The fourth-order valence-electron chi connectivity index (χ4n) is 2.09. The molecule has 18 heavy (non-hydrogen) atoms. The highest BCUT2D eigenvalue weighted by molar-refractivity contribution is 5.86. The molecule has 0 saturated carbocycles. The molecule has 0 aliphatic rings. The summed E-state index contributed by atoms with van der Waals surface area (Å²) in [5.74, 6) is 0. The minimum absolute atomic E-state index is 0.0566. The van der Waals surface area contributed by atoms with E-state index in [0.717, 1.165) is 5.69 Å². The summed E-state index contributed by atoms with van der Waals surface area (Å²) >= 11 is 0. The van der Waals surface area contributed by atoms with Crippen LogP contribution in [0.3, 0.4) is 0 Å². The van der Waals surface area contributed by atoms with Crippen LogP contribution in [0.1, 0.15) is 5.56 Å². The van der Waals surface area contributed by atoms with Crippen molar-refractivity contribution in [2.24, 2.45) is 0 Å². The summed E-state index contributed by atoms with van der Waals surface area (Å²) in [5, 5.41) is 20.8. The molecule has 0 aliphatic carbocycles. The van der Waals surface area contributed by atoms with Gasteiger partial charge in [-0.15, -0.1) is 0 Å². The van der Waals surface area contributed by atoms with Gasteiger partial charge in [-0.25, -0.2) is 0 Å². The lowest BCUT2D eigenvalue weighted by molar-refractivity contribution is 0.191. The molecule has 2 rings (SSSR count). The van der Waals surface area contributed by atoms with Gasteiger partial charge in [0.15, 0.2) is 0 Å². The zero-order valence-electron chi connectivity index (χ0n) is 10.8. The Balaban J connectivity index is 2.37. The first-order valence-corrected chi connectivity index (χ1v) is 6.10. The van der Waals surface area contributed by atoms with Gasteiger partial charge in [0.05, 0.1) is 19.3 Å². The molecule has 2 aromatic rings. The molecule has 0 fully saturated rings. The SMILES string of the molecule is Cc1ccc2cc(N(C)C(CO)CO)ccc2c1. The zero-order valence-corrected chi connectivity index (χ0v) is 10.8. The van der Waals surface area contributed by atoms with Gasteiger partial charge in [-0.05, 0) is 29.8 Å². The Kier molecular flexibility index (Phi) is 3.84. The van der Waals surface area contributed by atoms with Gasteiger partial charge in [0, 0.05) is 12.7 Å². The molecule has 0 radical (unpaired) electrons. The number of fused-ring (bicyclic) bond motifs is 1. The molecule has 0 heterocycles. The van der Waals surface area contributed by atoms with Crippen LogP contribution in [0.5, 0.6) is 0 Å². The van der Waals surface area contributed by atoms with Crippen LogP contribution in [0, 0.1) is 6.92 Å². The molecule has 3 nitrogen and oxygen atoms in total. The van der Waals surface area contributed by atoms with Crippen molar-refractivity contribution >= 4 is 16.5 Å². The van der Waals surface area contributed by atoms with Crippen LogP contribution in [0.25, 0.3) is 10.8 Å². The van der Waals surface area contributed by atoms with E-state index in [1.54, 1.807) is 0 Å². The summed E-state index contributed by atoms with van der Waals surface area (Å²) < 4.78 is 0. The highest BCUT2D eigenvalue weighted by atomic mass is 16.3. The lowest BCUT2D eigenvalue weighted by atomic mass is 10.1. The van der Waals surface area contributed by atoms with E-state index in [9.17, 15) is 10.2 Å². The Morgan fingerprint density at radius 3 is 2.28 bits per heavy atom. The van der Waals surface area contributed by atoms with E-state index < -0.39 is 0 Å². The van der Waals surface area contributed by atoms with E-state index in [1.165, 1.54) is 16.3 Å². The summed E-state index contributed by atoms with van der Waals surface area (Å²) in [7, 11) is 1.88. The monoisotopic (exact) mass is 245 g/mol. The summed E-state index contributed by atoms with van der Waals surface area (Å²) in [6.07, 6.45) is 0. The molecular formula is C15H19NO2. The third-order valence-corrected chi connectivity index (χ3v) is 3.36. The summed E-state index contributed by atoms with van der Waals surface area (Å²) in [6.45, 7) is 1.96. The molecule has 2 N–H and O–H groups in total. The van der Waals surface area contributed by atoms with E-state index in [1.807, 2.05) is 18.0 Å². The van der Waals surface area contributed by atoms with Crippen LogP contribution >= 0.6 is 0 Å². The minimum atomic E-state index is -0.257. The molecule has 3 heteroatoms. The first-order chi connectivity index (χ1) is 8.65. The molecule has 0 unspecified atom stereocenters. The van der Waals surface area contributed by atoms with E-state index in [4.69, 9.17) is 0 Å². The molecule has 2 aromatic carbocycles. The molecule has 0 amide bonds. The molecule has 0 atom stereocenters. The van der Waals surface area contributed by atoms with Crippen LogP contribution in [0.2, 0.25) is 0 Å². The van der Waals surface area contributed by atoms with Crippen molar-refractivity contribution < 1.29 is 10.2 Å². The molecule has 0 aliphatic heterocycles. The third kappa shape index (κ3) is 2.47. The lowest BCUT2D eigenvalue weighted by Crippen LogP contribution is -2.37. The van der Waals surface area contributed by atoms with E-state index in [-0.39, 0.29) is 19.3 Å². The van der Waals surface area contributed by atoms with Gasteiger partial charge in [-0.1, -0.05) is 29.8 Å². The normalized spacial score (nSPS) is 11.2. The maximum Gasteiger partial charge on any atom is 0.0748 e. The molecule has 0 bridgehead atoms. The Morgan fingerprint density at radius 1 is 1.00 bits per heavy atom. The van der Waals surface area contributed by atoms with Crippen molar-refractivity contribution in [3.05, 3.63) is 42.0 Å². The largest absolute Gasteiger partial charge is 0.394 e. The number of hydrogen-bond acceptors (Lipinski definition) is 3. The fourth-order valence-corrected chi connectivity index (χ4v) is 2.09. The second kappa shape index (κ2) is 5.38. The van der Waals surface area contributed by atoms with Crippen molar-refractivity contribution in [3.8, 4) is 0 Å². The van der Waals surface area contributed by atoms with E-state index in [2.05, 4.69) is 37.3 Å². The maximum absolute atomic E-state index is 9.21. The smallest absolute Gasteiger partial charge is 0.0748 e. The average molecular weight is 245 g/mol. The molecule has 0 spiro atoms. The van der Waals surface area contributed by atoms with Crippen LogP contribution in [0.15, 0.2) is 36.4 Å². The molecule has 0 saturated heterocycles. The highest BCUT2D eigenvalue weighted by Crippen LogP contribution is 2.23. The van der Waals surface area contributed by atoms with Gasteiger partial charge in [-0.3, -0.25) is 0 Å². The van der Waals surface area contributed by atoms with Crippen molar-refractivity contribution in [1.82, 2.24) is 0 Å². The van der Waals surface area contributed by atoms with E-state index >= 15 is 0 Å². The first-order valence-electron chi connectivity index (χ1n) is 6.10. The van der Waals surface area contributed by atoms with Crippen molar-refractivity contribution in [2.45, 2.75) is 13.0 Å². The number of rotatable bonds is 4. The topological polar surface area (TPSA) is 43.7 Å². The molecule has 96 valence electrons. The van der Waals surface area contributed by atoms with E-state index in [0.29, 0.717) is 0 Å². The van der Waals surface area contributed by atoms with Crippen molar-refractivity contribution in [3.63, 3.8) is 0 Å². The number of nitrogens with zero attached hydrogens (tertiary/aromatic N) is 1. The quantitative estimate of drug-likeness (QED) is 0.865. The summed E-state index contributed by atoms with van der Waals surface area (Å²) in [6, 6.07) is 12.2. The van der Waals surface area contributed by atoms with Crippen LogP contribution in [-0.4, -0.2) is 36.5 Å². The Morgan fingerprint density at radius 2 is 1.61 bits per heavy atom. The number of benzene rings is 2. The first kappa shape index (κ1) is 12.9. The second-order valence-corrected chi connectivity index (χ2v) is 4.66. The maximum atomic E-state index is 9.21. The Hall–Kier alpha value is -1.58. The van der Waals surface area contributed by atoms with Crippen LogP contribution in [-0.2, 0) is 0 Å². The molecular weight excluding hydrogens is 226 g/mol. The lowest BCUT2D eigenvalue weighted by Gasteiger charge is -2.27. The number of hydrogen-bond donors (Lipinski definition) is 2. The van der Waals surface area contributed by atoms with Gasteiger partial charge in [0.2, 0.25) is 0 Å².